The van der Waals surface area contributed by atoms with Crippen molar-refractivity contribution in [1.29, 1.82) is 0 Å². The van der Waals surface area contributed by atoms with Gasteiger partial charge in [0.2, 0.25) is 5.91 Å². The van der Waals surface area contributed by atoms with Crippen LogP contribution < -0.4 is 5.32 Å². The Labute approximate surface area is 126 Å². The third-order valence-electron chi connectivity index (χ3n) is 2.47. The molecule has 0 spiro atoms. The van der Waals surface area contributed by atoms with Crippen molar-refractivity contribution < 1.29 is 4.79 Å². The Bertz CT molecular complexity index is 597. The van der Waals surface area contributed by atoms with E-state index in [0.717, 1.165) is 21.1 Å². The highest BCUT2D eigenvalue weighted by Crippen LogP contribution is 2.32. The van der Waals surface area contributed by atoms with Crippen molar-refractivity contribution in [2.75, 3.05) is 5.32 Å². The fourth-order valence-corrected chi connectivity index (χ4v) is 3.44. The summed E-state index contributed by atoms with van der Waals surface area (Å²) in [7, 11) is 0. The summed E-state index contributed by atoms with van der Waals surface area (Å²) in [6.45, 7) is 3.99. The zero-order valence-electron chi connectivity index (χ0n) is 9.96. The molecule has 1 unspecified atom stereocenters. The topological polar surface area (TPSA) is 42.0 Å². The van der Waals surface area contributed by atoms with E-state index in [1.807, 2.05) is 19.9 Å². The Morgan fingerprint density at radius 2 is 2.28 bits per heavy atom. The van der Waals surface area contributed by atoms with Crippen LogP contribution in [0, 0.1) is 6.92 Å². The maximum Gasteiger partial charge on any atom is 0.239 e. The molecule has 1 aromatic heterocycles. The summed E-state index contributed by atoms with van der Waals surface area (Å²) in [5.41, 5.74) is 2.06. The van der Waals surface area contributed by atoms with Crippen LogP contribution in [0.25, 0.3) is 10.2 Å². The summed E-state index contributed by atoms with van der Waals surface area (Å²) in [6, 6.07) is 4.09. The van der Waals surface area contributed by atoms with Crippen molar-refractivity contribution in [3.05, 3.63) is 22.2 Å². The number of carbonyl (C=O) groups is 1. The third kappa shape index (κ3) is 2.92. The molecule has 1 heterocycles. The van der Waals surface area contributed by atoms with Crippen LogP contribution in [0.1, 0.15) is 18.9 Å². The molecule has 2 rings (SSSR count). The molecule has 96 valence electrons. The fourth-order valence-electron chi connectivity index (χ4n) is 1.54. The highest BCUT2D eigenvalue weighted by molar-refractivity contribution is 9.10. The minimum Gasteiger partial charge on any atom is -0.301 e. The van der Waals surface area contributed by atoms with Crippen LogP contribution in [-0.4, -0.2) is 15.7 Å². The maximum absolute atomic E-state index is 11.8. The van der Waals surface area contributed by atoms with E-state index in [4.69, 9.17) is 0 Å². The van der Waals surface area contributed by atoms with Crippen LogP contribution in [0.4, 0.5) is 5.13 Å². The number of nitrogens with one attached hydrogen (secondary N) is 1. The van der Waals surface area contributed by atoms with Crippen LogP contribution in [-0.2, 0) is 4.79 Å². The smallest absolute Gasteiger partial charge is 0.239 e. The van der Waals surface area contributed by atoms with Gasteiger partial charge < -0.3 is 5.32 Å². The van der Waals surface area contributed by atoms with E-state index >= 15 is 0 Å². The van der Waals surface area contributed by atoms with Gasteiger partial charge in [0.05, 0.1) is 15.0 Å². The monoisotopic (exact) mass is 390 g/mol. The number of alkyl halides is 1. The van der Waals surface area contributed by atoms with Gasteiger partial charge in [-0.3, -0.25) is 4.79 Å². The molecule has 2 aromatic rings. The normalized spacial score (nSPS) is 12.7. The Morgan fingerprint density at radius 1 is 1.56 bits per heavy atom. The molecule has 0 radical (unpaired) electrons. The predicted octanol–water partition coefficient (Wildman–Crippen LogP) is 4.48. The highest BCUT2D eigenvalue weighted by atomic mass is 79.9. The summed E-state index contributed by atoms with van der Waals surface area (Å²) >= 11 is 8.31. The molecule has 1 aromatic carbocycles. The first-order chi connectivity index (χ1) is 8.51. The number of aryl methyl sites for hydroxylation is 1. The SMILES string of the molecule is CCC(Br)C(=O)Nc1nc2c(Br)cc(C)cc2s1. The molecule has 3 nitrogen and oxygen atoms in total. The number of hydrogen-bond donors (Lipinski definition) is 1. The number of fused-ring (bicyclic) bond motifs is 1. The lowest BCUT2D eigenvalue weighted by Crippen LogP contribution is -2.21. The minimum atomic E-state index is -0.172. The van der Waals surface area contributed by atoms with Crippen molar-refractivity contribution in [3.8, 4) is 0 Å². The van der Waals surface area contributed by atoms with Gasteiger partial charge in [0.1, 0.15) is 0 Å². The van der Waals surface area contributed by atoms with Gasteiger partial charge in [-0.1, -0.05) is 34.2 Å². The van der Waals surface area contributed by atoms with Crippen molar-refractivity contribution in [2.45, 2.75) is 25.1 Å². The molecule has 0 aliphatic carbocycles. The number of aromatic nitrogens is 1. The molecule has 0 aliphatic heterocycles. The fraction of sp³-hybridized carbons (Fsp3) is 0.333. The minimum absolute atomic E-state index is 0.0515. The first-order valence-electron chi connectivity index (χ1n) is 5.53. The molecule has 0 saturated carbocycles. The summed E-state index contributed by atoms with van der Waals surface area (Å²) in [5, 5.41) is 3.47. The zero-order valence-corrected chi connectivity index (χ0v) is 13.9. The molecular formula is C12H12Br2N2OS. The van der Waals surface area contributed by atoms with Gasteiger partial charge in [-0.15, -0.1) is 0 Å². The quantitative estimate of drug-likeness (QED) is 0.783. The molecule has 1 amide bonds. The van der Waals surface area contributed by atoms with E-state index in [1.165, 1.54) is 16.9 Å². The molecule has 1 atom stereocenters. The molecule has 1 N–H and O–H groups in total. The number of carbonyl (C=O) groups excluding carboxylic acids is 1. The van der Waals surface area contributed by atoms with Crippen LogP contribution in [0.3, 0.4) is 0 Å². The molecule has 6 heteroatoms. The second kappa shape index (κ2) is 5.67. The largest absolute Gasteiger partial charge is 0.301 e. The van der Waals surface area contributed by atoms with Crippen LogP contribution in [0.15, 0.2) is 16.6 Å². The van der Waals surface area contributed by atoms with Gasteiger partial charge in [-0.25, -0.2) is 4.98 Å². The lowest BCUT2D eigenvalue weighted by atomic mass is 10.2. The number of rotatable bonds is 3. The Hall–Kier alpha value is -0.460. The first-order valence-corrected chi connectivity index (χ1v) is 8.05. The summed E-state index contributed by atoms with van der Waals surface area (Å²) in [6.07, 6.45) is 0.750. The van der Waals surface area contributed by atoms with Crippen LogP contribution >= 0.6 is 43.2 Å². The van der Waals surface area contributed by atoms with Crippen molar-refractivity contribution in [1.82, 2.24) is 4.98 Å². The number of anilines is 1. The summed E-state index contributed by atoms with van der Waals surface area (Å²) in [5.74, 6) is -0.0515. The van der Waals surface area contributed by atoms with Gasteiger partial charge >= 0.3 is 0 Å². The van der Waals surface area contributed by atoms with E-state index < -0.39 is 0 Å². The standard InChI is InChI=1S/C12H12Br2N2OS/c1-3-7(13)11(17)16-12-15-10-8(14)4-6(2)5-9(10)18-12/h4-5,7H,3H2,1-2H3,(H,15,16,17). The number of amides is 1. The molecule has 18 heavy (non-hydrogen) atoms. The predicted molar refractivity (Wildman–Crippen MR) is 83.7 cm³/mol. The van der Waals surface area contributed by atoms with Crippen LogP contribution in [0.2, 0.25) is 0 Å². The third-order valence-corrected chi connectivity index (χ3v) is 5.05. The second-order valence-corrected chi connectivity index (χ2v) is 6.97. The average molecular weight is 392 g/mol. The lowest BCUT2D eigenvalue weighted by molar-refractivity contribution is -0.115. The first kappa shape index (κ1) is 14.0. The zero-order chi connectivity index (χ0) is 13.3. The lowest BCUT2D eigenvalue weighted by Gasteiger charge is -2.04. The number of hydrogen-bond acceptors (Lipinski definition) is 3. The number of benzene rings is 1. The van der Waals surface area contributed by atoms with E-state index in [0.29, 0.717) is 5.13 Å². The Kier molecular flexibility index (Phi) is 4.40. The van der Waals surface area contributed by atoms with Gasteiger partial charge in [0.25, 0.3) is 0 Å². The van der Waals surface area contributed by atoms with E-state index in [2.05, 4.69) is 48.2 Å². The second-order valence-electron chi connectivity index (χ2n) is 3.98. The molecule has 0 saturated heterocycles. The molecular weight excluding hydrogens is 380 g/mol. The van der Waals surface area contributed by atoms with Gasteiger partial charge in [-0.05, 0) is 47.0 Å². The van der Waals surface area contributed by atoms with Crippen LogP contribution in [0.5, 0.6) is 0 Å². The van der Waals surface area contributed by atoms with E-state index in [-0.39, 0.29) is 10.7 Å². The van der Waals surface area contributed by atoms with Crippen molar-refractivity contribution in [3.63, 3.8) is 0 Å². The average Bonchev–Trinajstić information content (AvgIpc) is 2.70. The molecule has 0 aliphatic rings. The van der Waals surface area contributed by atoms with Gasteiger partial charge in [-0.2, -0.15) is 0 Å². The molecule has 0 bridgehead atoms. The molecule has 0 fully saturated rings. The number of thiazole rings is 1. The number of halogens is 2. The highest BCUT2D eigenvalue weighted by Gasteiger charge is 2.15. The Morgan fingerprint density at radius 3 is 2.94 bits per heavy atom. The van der Waals surface area contributed by atoms with Crippen molar-refractivity contribution in [2.24, 2.45) is 0 Å². The summed E-state index contributed by atoms with van der Waals surface area (Å²) in [4.78, 5) is 16.0. The van der Waals surface area contributed by atoms with E-state index in [9.17, 15) is 4.79 Å². The van der Waals surface area contributed by atoms with Gasteiger partial charge in [0.15, 0.2) is 5.13 Å². The van der Waals surface area contributed by atoms with E-state index in [1.54, 1.807) is 0 Å². The Balaban J connectivity index is 2.31. The van der Waals surface area contributed by atoms with Gasteiger partial charge in [0, 0.05) is 4.47 Å². The maximum atomic E-state index is 11.8. The summed E-state index contributed by atoms with van der Waals surface area (Å²) < 4.78 is 2.03. The number of nitrogens with zero attached hydrogens (tertiary/aromatic N) is 1. The van der Waals surface area contributed by atoms with Crippen molar-refractivity contribution >= 4 is 64.5 Å².